The second-order valence-corrected chi connectivity index (χ2v) is 8.66. The van der Waals surface area contributed by atoms with Crippen molar-refractivity contribution >= 4 is 11.6 Å². The Bertz CT molecular complexity index is 1360. The van der Waals surface area contributed by atoms with Crippen LogP contribution in [0.15, 0.2) is 113 Å². The van der Waals surface area contributed by atoms with Crippen molar-refractivity contribution in [3.8, 4) is 17.6 Å². The van der Waals surface area contributed by atoms with Gasteiger partial charge in [0.1, 0.15) is 29.7 Å². The van der Waals surface area contributed by atoms with E-state index in [2.05, 4.69) is 24.4 Å². The molecule has 0 saturated heterocycles. The molecule has 180 valence electrons. The summed E-state index contributed by atoms with van der Waals surface area (Å²) in [6, 6.07) is 27.2. The zero-order chi connectivity index (χ0) is 25.5. The summed E-state index contributed by atoms with van der Waals surface area (Å²) >= 11 is 0. The number of carbonyl (C=O) groups is 1. The average Bonchev–Trinajstić information content (AvgIpc) is 3.19. The molecule has 0 unspecified atom stereocenters. The fourth-order valence-electron chi connectivity index (χ4n) is 4.29. The van der Waals surface area contributed by atoms with Crippen LogP contribution in [0.25, 0.3) is 0 Å². The number of hydrogen-bond acceptors (Lipinski definition) is 4. The number of hydrogen-bond donors (Lipinski definition) is 1. The molecule has 1 aliphatic rings. The van der Waals surface area contributed by atoms with Crippen LogP contribution in [-0.2, 0) is 11.4 Å². The van der Waals surface area contributed by atoms with Gasteiger partial charge in [-0.1, -0.05) is 59.7 Å². The van der Waals surface area contributed by atoms with Gasteiger partial charge < -0.3 is 14.8 Å². The van der Waals surface area contributed by atoms with Crippen LogP contribution in [-0.4, -0.2) is 13.0 Å². The predicted molar refractivity (Wildman–Crippen MR) is 142 cm³/mol. The Kier molecular flexibility index (Phi) is 7.67. The van der Waals surface area contributed by atoms with Crippen molar-refractivity contribution in [3.63, 3.8) is 0 Å². The van der Waals surface area contributed by atoms with Crippen molar-refractivity contribution in [3.05, 3.63) is 124 Å². The van der Waals surface area contributed by atoms with E-state index in [9.17, 15) is 10.1 Å². The van der Waals surface area contributed by atoms with Crippen molar-refractivity contribution in [1.29, 1.82) is 5.26 Å². The number of anilines is 1. The Morgan fingerprint density at radius 2 is 1.64 bits per heavy atom. The van der Waals surface area contributed by atoms with Gasteiger partial charge in [-0.15, -0.1) is 0 Å². The first-order chi connectivity index (χ1) is 17.5. The first-order valence-corrected chi connectivity index (χ1v) is 11.7. The van der Waals surface area contributed by atoms with Crippen LogP contribution < -0.4 is 14.8 Å². The van der Waals surface area contributed by atoms with Crippen LogP contribution in [0.1, 0.15) is 30.9 Å². The van der Waals surface area contributed by atoms with Gasteiger partial charge in [-0.25, -0.2) is 0 Å². The van der Waals surface area contributed by atoms with Crippen molar-refractivity contribution in [2.75, 3.05) is 12.4 Å². The summed E-state index contributed by atoms with van der Waals surface area (Å²) in [6.07, 6.45) is 3.70. The Morgan fingerprint density at radius 3 is 2.28 bits per heavy atom. The SMILES string of the molecule is COc1ccc(NC(=O)/C(C#N)=C\C2=C(C)[C@@H](c3ccc(OCc4ccccc4)cc3)C(C)=C2)cc1. The molecular weight excluding hydrogens is 448 g/mol. The lowest BCUT2D eigenvalue weighted by Crippen LogP contribution is -2.13. The minimum absolute atomic E-state index is 0.0505. The topological polar surface area (TPSA) is 71.3 Å². The van der Waals surface area contributed by atoms with Gasteiger partial charge in [0.25, 0.3) is 5.91 Å². The molecule has 1 N–H and O–H groups in total. The van der Waals surface area contributed by atoms with E-state index in [0.717, 1.165) is 33.6 Å². The molecule has 0 aromatic heterocycles. The van der Waals surface area contributed by atoms with E-state index in [4.69, 9.17) is 9.47 Å². The number of benzene rings is 3. The van der Waals surface area contributed by atoms with Crippen molar-refractivity contribution in [2.24, 2.45) is 0 Å². The normalized spacial score (nSPS) is 15.2. The van der Waals surface area contributed by atoms with E-state index in [1.807, 2.05) is 61.5 Å². The number of nitrogens with zero attached hydrogens (tertiary/aromatic N) is 1. The molecule has 0 bridgehead atoms. The summed E-state index contributed by atoms with van der Waals surface area (Å²) in [4.78, 5) is 12.7. The number of rotatable bonds is 8. The van der Waals surface area contributed by atoms with Crippen molar-refractivity contribution < 1.29 is 14.3 Å². The van der Waals surface area contributed by atoms with E-state index >= 15 is 0 Å². The van der Waals surface area contributed by atoms with E-state index < -0.39 is 5.91 Å². The fourth-order valence-corrected chi connectivity index (χ4v) is 4.29. The number of ether oxygens (including phenoxy) is 2. The molecule has 3 aromatic carbocycles. The van der Waals surface area contributed by atoms with Crippen molar-refractivity contribution in [2.45, 2.75) is 26.4 Å². The Hall–Kier alpha value is -4.56. The summed E-state index contributed by atoms with van der Waals surface area (Å²) in [5.74, 6) is 1.14. The van der Waals surface area contributed by atoms with Gasteiger partial charge in [-0.05, 0) is 73.0 Å². The first kappa shape index (κ1) is 24.6. The maximum Gasteiger partial charge on any atom is 0.266 e. The van der Waals surface area contributed by atoms with E-state index in [1.54, 1.807) is 37.5 Å². The Balaban J connectivity index is 1.47. The van der Waals surface area contributed by atoms with E-state index in [1.165, 1.54) is 0 Å². The Labute approximate surface area is 212 Å². The lowest BCUT2D eigenvalue weighted by Gasteiger charge is -2.16. The third-order valence-electron chi connectivity index (χ3n) is 6.20. The van der Waals surface area contributed by atoms with E-state index in [0.29, 0.717) is 18.0 Å². The molecule has 0 saturated carbocycles. The minimum Gasteiger partial charge on any atom is -0.497 e. The van der Waals surface area contributed by atoms with Gasteiger partial charge in [0.15, 0.2) is 0 Å². The highest BCUT2D eigenvalue weighted by atomic mass is 16.5. The fraction of sp³-hybridized carbons (Fsp3) is 0.161. The van der Waals surface area contributed by atoms with Gasteiger partial charge in [-0.2, -0.15) is 5.26 Å². The number of allylic oxidation sites excluding steroid dienone is 5. The molecular formula is C31H28N2O3. The summed E-state index contributed by atoms with van der Waals surface area (Å²) < 4.78 is 11.1. The smallest absolute Gasteiger partial charge is 0.266 e. The standard InChI is InChI=1S/C31H28N2O3/c1-21-17-25(18-26(19-32)31(34)33-27-11-15-28(35-3)16-12-27)22(2)30(21)24-9-13-29(14-10-24)36-20-23-7-5-4-6-8-23/h4-18,30H,20H2,1-3H3,(H,33,34)/b26-18-/t30-/m0/s1. The number of carbonyl (C=O) groups excluding carboxylic acids is 1. The molecule has 0 heterocycles. The quantitative estimate of drug-likeness (QED) is 0.289. The number of amides is 1. The molecule has 1 aliphatic carbocycles. The lowest BCUT2D eigenvalue weighted by atomic mass is 9.89. The molecule has 3 aromatic rings. The Morgan fingerprint density at radius 1 is 0.972 bits per heavy atom. The summed E-state index contributed by atoms with van der Waals surface area (Å²) in [5, 5.41) is 12.4. The largest absolute Gasteiger partial charge is 0.497 e. The second-order valence-electron chi connectivity index (χ2n) is 8.66. The molecule has 5 heteroatoms. The van der Waals surface area contributed by atoms with Crippen LogP contribution in [0.5, 0.6) is 11.5 Å². The number of nitrogens with one attached hydrogen (secondary N) is 1. The maximum absolute atomic E-state index is 12.7. The summed E-state index contributed by atoms with van der Waals surface area (Å²) in [7, 11) is 1.58. The molecule has 1 amide bonds. The van der Waals surface area contributed by atoms with Gasteiger partial charge in [0, 0.05) is 11.6 Å². The molecule has 5 nitrogen and oxygen atoms in total. The third-order valence-corrected chi connectivity index (χ3v) is 6.20. The molecule has 36 heavy (non-hydrogen) atoms. The molecule has 0 spiro atoms. The molecule has 4 rings (SSSR count). The van der Waals surface area contributed by atoms with Crippen LogP contribution in [0, 0.1) is 11.3 Å². The van der Waals surface area contributed by atoms with Gasteiger partial charge in [-0.3, -0.25) is 4.79 Å². The van der Waals surface area contributed by atoms with Crippen molar-refractivity contribution in [1.82, 2.24) is 0 Å². The summed E-state index contributed by atoms with van der Waals surface area (Å²) in [5.41, 5.74) is 6.03. The highest BCUT2D eigenvalue weighted by Crippen LogP contribution is 2.40. The van der Waals surface area contributed by atoms with Crippen LogP contribution >= 0.6 is 0 Å². The van der Waals surface area contributed by atoms with E-state index in [-0.39, 0.29) is 11.5 Å². The molecule has 0 radical (unpaired) electrons. The third kappa shape index (κ3) is 5.73. The van der Waals surface area contributed by atoms with Gasteiger partial charge >= 0.3 is 0 Å². The molecule has 0 aliphatic heterocycles. The predicted octanol–water partition coefficient (Wildman–Crippen LogP) is 6.72. The molecule has 1 atom stereocenters. The highest BCUT2D eigenvalue weighted by molar-refractivity contribution is 6.07. The second kappa shape index (κ2) is 11.2. The lowest BCUT2D eigenvalue weighted by molar-refractivity contribution is -0.112. The zero-order valence-electron chi connectivity index (χ0n) is 20.6. The summed E-state index contributed by atoms with van der Waals surface area (Å²) in [6.45, 7) is 4.63. The number of nitriles is 1. The monoisotopic (exact) mass is 476 g/mol. The van der Waals surface area contributed by atoms with Crippen LogP contribution in [0.2, 0.25) is 0 Å². The first-order valence-electron chi connectivity index (χ1n) is 11.7. The van der Waals surface area contributed by atoms with Gasteiger partial charge in [0.2, 0.25) is 0 Å². The minimum atomic E-state index is -0.447. The maximum atomic E-state index is 12.7. The molecule has 0 fully saturated rings. The zero-order valence-corrected chi connectivity index (χ0v) is 20.6. The number of methoxy groups -OCH3 is 1. The van der Waals surface area contributed by atoms with Crippen LogP contribution in [0.4, 0.5) is 5.69 Å². The highest BCUT2D eigenvalue weighted by Gasteiger charge is 2.24. The average molecular weight is 477 g/mol. The van der Waals surface area contributed by atoms with Gasteiger partial charge in [0.05, 0.1) is 7.11 Å². The van der Waals surface area contributed by atoms with Crippen LogP contribution in [0.3, 0.4) is 0 Å².